The number of hydrogen-bond donors (Lipinski definition) is 1. The largest absolute Gasteiger partial charge is 0.401 e. The maximum Gasteiger partial charge on any atom is 0.401 e. The first-order valence-corrected chi connectivity index (χ1v) is 7.69. The van der Waals surface area contributed by atoms with Gasteiger partial charge in [-0.25, -0.2) is 4.68 Å². The summed E-state index contributed by atoms with van der Waals surface area (Å²) >= 11 is 0. The van der Waals surface area contributed by atoms with E-state index in [0.29, 0.717) is 19.6 Å². The van der Waals surface area contributed by atoms with Crippen molar-refractivity contribution in [3.8, 4) is 0 Å². The minimum Gasteiger partial charge on any atom is -0.312 e. The van der Waals surface area contributed by atoms with Gasteiger partial charge in [-0.1, -0.05) is 11.3 Å². The van der Waals surface area contributed by atoms with Crippen LogP contribution < -0.4 is 5.32 Å². The van der Waals surface area contributed by atoms with Crippen LogP contribution in [-0.2, 0) is 13.6 Å². The number of benzene rings is 1. The molecule has 1 fully saturated rings. The van der Waals surface area contributed by atoms with Crippen LogP contribution in [0.4, 0.5) is 13.2 Å². The summed E-state index contributed by atoms with van der Waals surface area (Å²) < 4.78 is 38.8. The van der Waals surface area contributed by atoms with Gasteiger partial charge in [0.2, 0.25) is 0 Å². The van der Waals surface area contributed by atoms with Gasteiger partial charge in [0.25, 0.3) is 0 Å². The second kappa shape index (κ2) is 6.45. The van der Waals surface area contributed by atoms with E-state index in [-0.39, 0.29) is 5.92 Å². The van der Waals surface area contributed by atoms with E-state index in [2.05, 4.69) is 15.6 Å². The number of aromatic nitrogens is 3. The standard InChI is InChI=1S/C15H20F3N5/c1-22-14-3-2-11(6-13(14)20-21-22)7-19-8-12-4-5-23(9-12)10-15(16,17)18/h2-3,6,12,19H,4-5,7-10H2,1H3/t12-/m1/s1. The van der Waals surface area contributed by atoms with Crippen molar-refractivity contribution in [2.75, 3.05) is 26.2 Å². The highest BCUT2D eigenvalue weighted by Crippen LogP contribution is 2.22. The molecule has 126 valence electrons. The van der Waals surface area contributed by atoms with E-state index < -0.39 is 12.7 Å². The molecule has 5 nitrogen and oxygen atoms in total. The van der Waals surface area contributed by atoms with Gasteiger partial charge in [0.05, 0.1) is 12.1 Å². The Kier molecular flexibility index (Phi) is 4.54. The summed E-state index contributed by atoms with van der Waals surface area (Å²) in [6, 6.07) is 5.98. The second-order valence-corrected chi connectivity index (χ2v) is 6.17. The fourth-order valence-electron chi connectivity index (χ4n) is 3.09. The Morgan fingerprint density at radius 2 is 2.17 bits per heavy atom. The highest BCUT2D eigenvalue weighted by molar-refractivity contribution is 5.74. The quantitative estimate of drug-likeness (QED) is 0.912. The van der Waals surface area contributed by atoms with Crippen LogP contribution in [-0.4, -0.2) is 52.2 Å². The summed E-state index contributed by atoms with van der Waals surface area (Å²) in [4.78, 5) is 1.48. The lowest BCUT2D eigenvalue weighted by molar-refractivity contribution is -0.143. The Morgan fingerprint density at radius 3 is 2.96 bits per heavy atom. The van der Waals surface area contributed by atoms with E-state index in [9.17, 15) is 13.2 Å². The van der Waals surface area contributed by atoms with Crippen molar-refractivity contribution in [2.45, 2.75) is 19.1 Å². The molecule has 0 spiro atoms. The number of alkyl halides is 3. The molecule has 0 radical (unpaired) electrons. The molecule has 1 aliphatic heterocycles. The van der Waals surface area contributed by atoms with Crippen LogP contribution in [0.15, 0.2) is 18.2 Å². The molecule has 1 atom stereocenters. The maximum atomic E-state index is 12.4. The van der Waals surface area contributed by atoms with E-state index in [4.69, 9.17) is 0 Å². The Hall–Kier alpha value is -1.67. The van der Waals surface area contributed by atoms with Gasteiger partial charge in [0.1, 0.15) is 5.52 Å². The number of hydrogen-bond acceptors (Lipinski definition) is 4. The van der Waals surface area contributed by atoms with Crippen LogP contribution in [0.5, 0.6) is 0 Å². The zero-order valence-corrected chi connectivity index (χ0v) is 13.0. The van der Waals surface area contributed by atoms with Crippen LogP contribution in [0.1, 0.15) is 12.0 Å². The molecule has 1 aromatic heterocycles. The lowest BCUT2D eigenvalue weighted by Gasteiger charge is -2.18. The number of nitrogens with one attached hydrogen (secondary N) is 1. The smallest absolute Gasteiger partial charge is 0.312 e. The zero-order valence-electron chi connectivity index (χ0n) is 13.0. The summed E-state index contributed by atoms with van der Waals surface area (Å²) in [7, 11) is 1.85. The fourth-order valence-corrected chi connectivity index (χ4v) is 3.09. The van der Waals surface area contributed by atoms with Gasteiger partial charge < -0.3 is 5.32 Å². The highest BCUT2D eigenvalue weighted by Gasteiger charge is 2.34. The zero-order chi connectivity index (χ0) is 16.4. The van der Waals surface area contributed by atoms with Crippen molar-refractivity contribution in [1.82, 2.24) is 25.2 Å². The average molecular weight is 327 g/mol. The molecule has 23 heavy (non-hydrogen) atoms. The maximum absolute atomic E-state index is 12.4. The lowest BCUT2D eigenvalue weighted by Crippen LogP contribution is -2.33. The van der Waals surface area contributed by atoms with Crippen LogP contribution in [0.2, 0.25) is 0 Å². The van der Waals surface area contributed by atoms with Gasteiger partial charge in [0, 0.05) is 20.1 Å². The normalized spacial score (nSPS) is 19.7. The lowest BCUT2D eigenvalue weighted by atomic mass is 10.1. The van der Waals surface area contributed by atoms with E-state index >= 15 is 0 Å². The first-order valence-electron chi connectivity index (χ1n) is 7.69. The van der Waals surface area contributed by atoms with E-state index in [1.165, 1.54) is 4.90 Å². The third-order valence-electron chi connectivity index (χ3n) is 4.21. The molecule has 1 aliphatic rings. The Morgan fingerprint density at radius 1 is 1.35 bits per heavy atom. The molecule has 0 bridgehead atoms. The molecule has 0 saturated carbocycles. The number of nitrogens with zero attached hydrogens (tertiary/aromatic N) is 4. The number of halogens is 3. The minimum atomic E-state index is -4.10. The van der Waals surface area contributed by atoms with Crippen molar-refractivity contribution in [2.24, 2.45) is 13.0 Å². The summed E-state index contributed by atoms with van der Waals surface area (Å²) in [6.07, 6.45) is -3.29. The van der Waals surface area contributed by atoms with Crippen molar-refractivity contribution >= 4 is 11.0 Å². The van der Waals surface area contributed by atoms with Crippen molar-refractivity contribution < 1.29 is 13.2 Å². The van der Waals surface area contributed by atoms with Crippen LogP contribution >= 0.6 is 0 Å². The van der Waals surface area contributed by atoms with E-state index in [0.717, 1.165) is 29.6 Å². The molecule has 2 heterocycles. The Balaban J connectivity index is 1.46. The molecule has 1 saturated heterocycles. The topological polar surface area (TPSA) is 46.0 Å². The number of likely N-dealkylation sites (tertiary alicyclic amines) is 1. The highest BCUT2D eigenvalue weighted by atomic mass is 19.4. The predicted octanol–water partition coefficient (Wildman–Crippen LogP) is 1.94. The van der Waals surface area contributed by atoms with Gasteiger partial charge in [-0.15, -0.1) is 5.10 Å². The van der Waals surface area contributed by atoms with Crippen molar-refractivity contribution in [3.05, 3.63) is 23.8 Å². The van der Waals surface area contributed by atoms with Gasteiger partial charge in [0.15, 0.2) is 0 Å². The fraction of sp³-hybridized carbons (Fsp3) is 0.600. The second-order valence-electron chi connectivity index (χ2n) is 6.17. The molecule has 0 aliphatic carbocycles. The van der Waals surface area contributed by atoms with Crippen molar-refractivity contribution in [3.63, 3.8) is 0 Å². The monoisotopic (exact) mass is 327 g/mol. The Labute approximate surface area is 132 Å². The molecule has 1 N–H and O–H groups in total. The third kappa shape index (κ3) is 4.20. The summed E-state index contributed by atoms with van der Waals surface area (Å²) in [5.41, 5.74) is 2.93. The predicted molar refractivity (Wildman–Crippen MR) is 80.8 cm³/mol. The molecule has 0 unspecified atom stereocenters. The summed E-state index contributed by atoms with van der Waals surface area (Å²) in [5.74, 6) is 0.276. The van der Waals surface area contributed by atoms with Gasteiger partial charge in [-0.2, -0.15) is 13.2 Å². The molecular formula is C15H20F3N5. The van der Waals surface area contributed by atoms with Gasteiger partial charge >= 0.3 is 6.18 Å². The Bertz CT molecular complexity index is 667. The minimum absolute atomic E-state index is 0.276. The molecule has 8 heteroatoms. The molecule has 0 amide bonds. The average Bonchev–Trinajstić information content (AvgIpc) is 3.05. The van der Waals surface area contributed by atoms with Crippen LogP contribution in [0.3, 0.4) is 0 Å². The molecule has 2 aromatic rings. The first-order chi connectivity index (χ1) is 10.9. The van der Waals surface area contributed by atoms with Gasteiger partial charge in [-0.05, 0) is 43.1 Å². The molecule has 1 aromatic carbocycles. The molecule has 3 rings (SSSR count). The van der Waals surface area contributed by atoms with E-state index in [1.807, 2.05) is 25.2 Å². The first kappa shape index (κ1) is 16.2. The summed E-state index contributed by atoms with van der Waals surface area (Å²) in [5, 5.41) is 11.4. The third-order valence-corrected chi connectivity index (χ3v) is 4.21. The summed E-state index contributed by atoms with van der Waals surface area (Å²) in [6.45, 7) is 1.65. The van der Waals surface area contributed by atoms with Gasteiger partial charge in [-0.3, -0.25) is 4.90 Å². The number of aryl methyl sites for hydroxylation is 1. The number of fused-ring (bicyclic) bond motifs is 1. The number of rotatable bonds is 5. The SMILES string of the molecule is Cn1nnc2cc(CNC[C@H]3CCN(CC(F)(F)F)C3)ccc21. The van der Waals surface area contributed by atoms with Crippen molar-refractivity contribution in [1.29, 1.82) is 0 Å². The van der Waals surface area contributed by atoms with Crippen LogP contribution in [0, 0.1) is 5.92 Å². The van der Waals surface area contributed by atoms with Crippen LogP contribution in [0.25, 0.3) is 11.0 Å². The van der Waals surface area contributed by atoms with E-state index in [1.54, 1.807) is 4.68 Å². The molecular weight excluding hydrogens is 307 g/mol.